The Morgan fingerprint density at radius 2 is 1.78 bits per heavy atom. The lowest BCUT2D eigenvalue weighted by atomic mass is 9.95. The van der Waals surface area contributed by atoms with Gasteiger partial charge in [-0.05, 0) is 43.5 Å². The van der Waals surface area contributed by atoms with E-state index in [-0.39, 0.29) is 29.5 Å². The number of halogens is 8. The van der Waals surface area contributed by atoms with Crippen molar-refractivity contribution in [2.75, 3.05) is 6.54 Å². The molecule has 1 saturated heterocycles. The number of nitrogens with one attached hydrogen (secondary N) is 1. The molecule has 2 aromatic rings. The van der Waals surface area contributed by atoms with E-state index in [4.69, 9.17) is 0 Å². The zero-order valence-electron chi connectivity index (χ0n) is 13.8. The van der Waals surface area contributed by atoms with Gasteiger partial charge in [-0.3, -0.25) is 0 Å². The van der Waals surface area contributed by atoms with Gasteiger partial charge in [0.05, 0.1) is 5.52 Å². The van der Waals surface area contributed by atoms with Crippen LogP contribution >= 0.6 is 10.2 Å². The van der Waals surface area contributed by atoms with Crippen molar-refractivity contribution in [2.45, 2.75) is 42.8 Å². The first-order valence-electron chi connectivity index (χ1n) is 8.12. The zero-order chi connectivity index (χ0) is 20.2. The van der Waals surface area contributed by atoms with Gasteiger partial charge in [-0.15, -0.1) is 0 Å². The topological polar surface area (TPSA) is 24.9 Å². The second kappa shape index (κ2) is 5.69. The Bertz CT molecular complexity index is 870. The molecule has 0 spiro atoms. The predicted molar refractivity (Wildman–Crippen MR) is 87.5 cm³/mol. The van der Waals surface area contributed by atoms with E-state index in [0.717, 1.165) is 25.0 Å². The van der Waals surface area contributed by atoms with Crippen molar-refractivity contribution in [3.63, 3.8) is 0 Å². The Kier molecular flexibility index (Phi) is 4.24. The van der Waals surface area contributed by atoms with Crippen molar-refractivity contribution in [3.05, 3.63) is 35.5 Å². The molecule has 0 saturated carbocycles. The molecule has 0 aliphatic carbocycles. The molecule has 3 rings (SSSR count). The van der Waals surface area contributed by atoms with Crippen LogP contribution in [0.1, 0.15) is 30.5 Å². The van der Waals surface area contributed by atoms with Crippen LogP contribution < -0.4 is 5.32 Å². The van der Waals surface area contributed by atoms with Gasteiger partial charge < -0.3 is 5.32 Å². The number of rotatable bonds is 3. The van der Waals surface area contributed by atoms with Crippen molar-refractivity contribution < 1.29 is 32.6 Å². The van der Waals surface area contributed by atoms with Gasteiger partial charge >= 0.3 is 16.4 Å². The van der Waals surface area contributed by atoms with E-state index >= 15 is 0 Å². The summed E-state index contributed by atoms with van der Waals surface area (Å²) in [4.78, 5) is 0.549. The predicted octanol–water partition coefficient (Wildman–Crippen LogP) is 6.60. The molecule has 0 radical (unpaired) electrons. The fraction of sp³-hybridized carbons (Fsp3) is 0.438. The summed E-state index contributed by atoms with van der Waals surface area (Å²) >= 11 is 0. The van der Waals surface area contributed by atoms with Crippen molar-refractivity contribution in [2.24, 2.45) is 0 Å². The lowest BCUT2D eigenvalue weighted by Gasteiger charge is -2.41. The highest BCUT2D eigenvalue weighted by Crippen LogP contribution is 3.02. The minimum atomic E-state index is -10.2. The lowest BCUT2D eigenvalue weighted by Crippen LogP contribution is -2.35. The van der Waals surface area contributed by atoms with E-state index in [9.17, 15) is 32.6 Å². The zero-order valence-corrected chi connectivity index (χ0v) is 14.6. The lowest BCUT2D eigenvalue weighted by molar-refractivity contribution is -0.141. The van der Waals surface area contributed by atoms with Gasteiger partial charge in [0, 0.05) is 11.4 Å². The second-order valence-electron chi connectivity index (χ2n) is 6.64. The summed E-state index contributed by atoms with van der Waals surface area (Å²) < 4.78 is 106. The monoisotopic (exact) mass is 420 g/mol. The normalized spacial score (nSPS) is 21.7. The molecule has 27 heavy (non-hydrogen) atoms. The maximum Gasteiger partial charge on any atom is 0.433 e. The largest absolute Gasteiger partial charge is 0.433 e. The summed E-state index contributed by atoms with van der Waals surface area (Å²) in [5.74, 6) is 0. The van der Waals surface area contributed by atoms with Crippen molar-refractivity contribution >= 4 is 21.1 Å². The van der Waals surface area contributed by atoms with Gasteiger partial charge in [0.2, 0.25) is 0 Å². The van der Waals surface area contributed by atoms with Crippen LogP contribution in [-0.2, 0) is 12.6 Å². The fourth-order valence-corrected chi connectivity index (χ4v) is 4.14. The molecule has 1 aromatic heterocycles. The molecular weight excluding hydrogens is 404 g/mol. The molecule has 0 amide bonds. The molecule has 0 bridgehead atoms. The number of para-hydroxylation sites is 1. The molecular formula is C16H16F8N2S. The third-order valence-electron chi connectivity index (χ3n) is 4.47. The Labute approximate surface area is 149 Å². The first-order chi connectivity index (χ1) is 12.1. The minimum absolute atomic E-state index is 0.00806. The molecule has 1 fully saturated rings. The molecule has 1 aromatic carbocycles. The fourth-order valence-electron chi connectivity index (χ4n) is 3.28. The SMILES string of the molecule is FC(F)(F)c1cc(C[C@H]2CCCCN2)c2cccc(S(F)(F)(F)(F)F)c2n1. The van der Waals surface area contributed by atoms with Gasteiger partial charge in [0.1, 0.15) is 10.6 Å². The summed E-state index contributed by atoms with van der Waals surface area (Å²) in [5, 5.41) is 2.74. The molecule has 152 valence electrons. The highest BCUT2D eigenvalue weighted by Gasteiger charge is 2.66. The number of benzene rings is 1. The Morgan fingerprint density at radius 1 is 1.07 bits per heavy atom. The van der Waals surface area contributed by atoms with E-state index in [2.05, 4.69) is 10.3 Å². The molecule has 1 aliphatic heterocycles. The molecule has 2 heterocycles. The summed E-state index contributed by atoms with van der Waals surface area (Å²) in [7, 11) is -10.2. The molecule has 0 unspecified atom stereocenters. The summed E-state index contributed by atoms with van der Waals surface area (Å²) in [6, 6.07) is 2.35. The molecule has 1 aliphatic rings. The number of pyridine rings is 1. The standard InChI is InChI=1S/C16H16F8N2S/c17-16(18,19)14-9-10(8-11-4-1-2-7-25-11)12-5-3-6-13(15(12)26-14)27(20,21,22,23)24/h3,5-6,9,11,25H,1-2,4,7-8H2/t11-/m1/s1. The number of fused-ring (bicyclic) bond motifs is 1. The number of nitrogens with zero attached hydrogens (tertiary/aromatic N) is 1. The van der Waals surface area contributed by atoms with E-state index < -0.39 is 32.5 Å². The van der Waals surface area contributed by atoms with Crippen LogP contribution in [0.3, 0.4) is 0 Å². The number of aromatic nitrogens is 1. The number of hydrogen-bond acceptors (Lipinski definition) is 2. The Morgan fingerprint density at radius 3 is 2.33 bits per heavy atom. The van der Waals surface area contributed by atoms with Gasteiger partial charge in [-0.2, -0.15) is 13.2 Å². The van der Waals surface area contributed by atoms with Crippen molar-refractivity contribution in [3.8, 4) is 0 Å². The average molecular weight is 420 g/mol. The second-order valence-corrected chi connectivity index (χ2v) is 9.01. The molecule has 1 N–H and O–H groups in total. The maximum absolute atomic E-state index is 13.4. The number of hydrogen-bond donors (Lipinski definition) is 1. The van der Waals surface area contributed by atoms with Gasteiger partial charge in [-0.1, -0.05) is 38.0 Å². The van der Waals surface area contributed by atoms with Crippen LogP contribution in [0, 0.1) is 0 Å². The minimum Gasteiger partial charge on any atom is -0.314 e. The van der Waals surface area contributed by atoms with Crippen LogP contribution in [0.4, 0.5) is 32.6 Å². The maximum atomic E-state index is 13.4. The van der Waals surface area contributed by atoms with Crippen LogP contribution in [0.15, 0.2) is 29.2 Å². The summed E-state index contributed by atoms with van der Waals surface area (Å²) in [6.07, 6.45) is -2.73. The van der Waals surface area contributed by atoms with Crippen molar-refractivity contribution in [1.29, 1.82) is 0 Å². The van der Waals surface area contributed by atoms with E-state index in [0.29, 0.717) is 19.0 Å². The first kappa shape index (κ1) is 20.1. The first-order valence-corrected chi connectivity index (χ1v) is 10.1. The summed E-state index contributed by atoms with van der Waals surface area (Å²) in [6.45, 7) is 0.635. The van der Waals surface area contributed by atoms with E-state index in [1.54, 1.807) is 0 Å². The third kappa shape index (κ3) is 4.45. The van der Waals surface area contributed by atoms with E-state index in [1.165, 1.54) is 0 Å². The average Bonchev–Trinajstić information content (AvgIpc) is 2.52. The van der Waals surface area contributed by atoms with E-state index in [1.807, 2.05) is 0 Å². The van der Waals surface area contributed by atoms with Crippen molar-refractivity contribution in [1.82, 2.24) is 10.3 Å². The quantitative estimate of drug-likeness (QED) is 0.566. The number of piperidine rings is 1. The third-order valence-corrected chi connectivity index (χ3v) is 5.63. The summed E-state index contributed by atoms with van der Waals surface area (Å²) in [5.41, 5.74) is -3.07. The number of alkyl halides is 3. The highest BCUT2D eigenvalue weighted by atomic mass is 32.5. The van der Waals surface area contributed by atoms with Crippen LogP contribution in [-0.4, -0.2) is 17.6 Å². The molecule has 11 heteroatoms. The molecule has 2 nitrogen and oxygen atoms in total. The Balaban J connectivity index is 2.26. The van der Waals surface area contributed by atoms with Crippen LogP contribution in [0.25, 0.3) is 10.9 Å². The Hall–Kier alpha value is -1.62. The molecule has 1 atom stereocenters. The highest BCUT2D eigenvalue weighted by molar-refractivity contribution is 8.46. The van der Waals surface area contributed by atoms with Gasteiger partial charge in [-0.25, -0.2) is 4.98 Å². The van der Waals surface area contributed by atoms with Gasteiger partial charge in [0.15, 0.2) is 0 Å². The van der Waals surface area contributed by atoms with Crippen LogP contribution in [0.2, 0.25) is 0 Å². The van der Waals surface area contributed by atoms with Crippen LogP contribution in [0.5, 0.6) is 0 Å². The smallest absolute Gasteiger partial charge is 0.314 e. The van der Waals surface area contributed by atoms with Gasteiger partial charge in [0.25, 0.3) is 0 Å².